The summed E-state index contributed by atoms with van der Waals surface area (Å²) in [6, 6.07) is 0.553. The zero-order valence-electron chi connectivity index (χ0n) is 13.4. The molecule has 0 radical (unpaired) electrons. The number of nitrogens with zero attached hydrogens (tertiary/aromatic N) is 2. The minimum absolute atomic E-state index is 0.553. The summed E-state index contributed by atoms with van der Waals surface area (Å²) in [5.41, 5.74) is 0. The molecule has 0 saturated heterocycles. The maximum atomic E-state index is 4.22. The minimum atomic E-state index is 0.553. The first-order valence-electron chi connectivity index (χ1n) is 7.38. The molecule has 1 unspecified atom stereocenters. The Morgan fingerprint density at radius 3 is 2.32 bits per heavy atom. The van der Waals surface area contributed by atoms with Crippen molar-refractivity contribution < 1.29 is 0 Å². The second-order valence-electron chi connectivity index (χ2n) is 5.13. The lowest BCUT2D eigenvalue weighted by Crippen LogP contribution is -2.47. The molecule has 0 aliphatic rings. The maximum Gasteiger partial charge on any atom is 0.191 e. The van der Waals surface area contributed by atoms with Crippen LogP contribution in [-0.2, 0) is 0 Å². The first-order valence-corrected chi connectivity index (χ1v) is 7.38. The molecular formula is C15H32N4. The van der Waals surface area contributed by atoms with Gasteiger partial charge < -0.3 is 10.6 Å². The Hall–Kier alpha value is -1.03. The predicted octanol–water partition coefficient (Wildman–Crippen LogP) is 2.09. The van der Waals surface area contributed by atoms with Gasteiger partial charge in [0.05, 0.1) is 0 Å². The number of aliphatic imine (C=N–C) groups is 1. The summed E-state index contributed by atoms with van der Waals surface area (Å²) in [4.78, 5) is 6.72. The van der Waals surface area contributed by atoms with Gasteiger partial charge in [-0.15, -0.1) is 6.58 Å². The molecule has 0 aromatic carbocycles. The van der Waals surface area contributed by atoms with Crippen LogP contribution in [-0.4, -0.2) is 50.1 Å². The van der Waals surface area contributed by atoms with Crippen molar-refractivity contribution in [1.82, 2.24) is 15.5 Å². The molecule has 0 aromatic heterocycles. The summed E-state index contributed by atoms with van der Waals surface area (Å²) in [6.45, 7) is 16.6. The lowest BCUT2D eigenvalue weighted by Gasteiger charge is -2.31. The van der Waals surface area contributed by atoms with Crippen molar-refractivity contribution in [3.05, 3.63) is 12.7 Å². The van der Waals surface area contributed by atoms with E-state index in [-0.39, 0.29) is 0 Å². The second-order valence-corrected chi connectivity index (χ2v) is 5.13. The zero-order valence-corrected chi connectivity index (χ0v) is 13.4. The van der Waals surface area contributed by atoms with Crippen molar-refractivity contribution in [2.75, 3.05) is 33.2 Å². The van der Waals surface area contributed by atoms with Crippen molar-refractivity contribution >= 4 is 5.96 Å². The Labute approximate surface area is 119 Å². The topological polar surface area (TPSA) is 39.7 Å². The molecule has 1 atom stereocenters. The summed E-state index contributed by atoms with van der Waals surface area (Å²) >= 11 is 0. The summed E-state index contributed by atoms with van der Waals surface area (Å²) in [5, 5.41) is 6.61. The lowest BCUT2D eigenvalue weighted by molar-refractivity contribution is 0.191. The van der Waals surface area contributed by atoms with Crippen LogP contribution in [0.15, 0.2) is 17.6 Å². The average molecular weight is 268 g/mol. The van der Waals surface area contributed by atoms with Gasteiger partial charge in [-0.2, -0.15) is 0 Å². The van der Waals surface area contributed by atoms with Gasteiger partial charge in [0, 0.05) is 26.2 Å². The van der Waals surface area contributed by atoms with Gasteiger partial charge >= 0.3 is 0 Å². The minimum Gasteiger partial charge on any atom is -0.355 e. The van der Waals surface area contributed by atoms with Crippen molar-refractivity contribution in [3.8, 4) is 0 Å². The van der Waals surface area contributed by atoms with Crippen molar-refractivity contribution in [3.63, 3.8) is 0 Å². The van der Waals surface area contributed by atoms with E-state index < -0.39 is 0 Å². The van der Waals surface area contributed by atoms with Crippen LogP contribution in [0, 0.1) is 5.92 Å². The van der Waals surface area contributed by atoms with Gasteiger partial charge in [0.1, 0.15) is 0 Å². The summed E-state index contributed by atoms with van der Waals surface area (Å²) in [5.74, 6) is 1.55. The first kappa shape index (κ1) is 18.0. The molecular weight excluding hydrogens is 236 g/mol. The fourth-order valence-electron chi connectivity index (χ4n) is 2.25. The molecule has 2 N–H and O–H groups in total. The van der Waals surface area contributed by atoms with Gasteiger partial charge in [-0.3, -0.25) is 9.89 Å². The van der Waals surface area contributed by atoms with E-state index in [9.17, 15) is 0 Å². The number of likely N-dealkylation sites (N-methyl/N-ethyl adjacent to an activating group) is 1. The number of hydrogen-bond acceptors (Lipinski definition) is 2. The first-order chi connectivity index (χ1) is 9.08. The van der Waals surface area contributed by atoms with Crippen molar-refractivity contribution in [2.45, 2.75) is 40.2 Å². The van der Waals surface area contributed by atoms with E-state index >= 15 is 0 Å². The van der Waals surface area contributed by atoms with E-state index in [4.69, 9.17) is 0 Å². The Morgan fingerprint density at radius 1 is 1.26 bits per heavy atom. The van der Waals surface area contributed by atoms with Crippen molar-refractivity contribution in [1.29, 1.82) is 0 Å². The van der Waals surface area contributed by atoms with Crippen molar-refractivity contribution in [2.24, 2.45) is 10.9 Å². The largest absolute Gasteiger partial charge is 0.355 e. The standard InChI is InChI=1S/C15H32N4/c1-7-10-17-15(16-6)18-12-14(11-13(4)5)19(8-2)9-3/h7,13-14H,1,8-12H2,2-6H3,(H2,16,17,18). The molecule has 112 valence electrons. The van der Waals surface area contributed by atoms with Crippen LogP contribution in [0.4, 0.5) is 0 Å². The monoisotopic (exact) mass is 268 g/mol. The van der Waals surface area contributed by atoms with Crippen LogP contribution in [0.5, 0.6) is 0 Å². The Morgan fingerprint density at radius 2 is 1.89 bits per heavy atom. The average Bonchev–Trinajstić information content (AvgIpc) is 2.39. The van der Waals surface area contributed by atoms with Crippen LogP contribution in [0.2, 0.25) is 0 Å². The van der Waals surface area contributed by atoms with Gasteiger partial charge in [0.25, 0.3) is 0 Å². The van der Waals surface area contributed by atoms with Crippen LogP contribution < -0.4 is 10.6 Å². The molecule has 0 heterocycles. The van der Waals surface area contributed by atoms with E-state index in [0.717, 1.165) is 32.1 Å². The van der Waals surface area contributed by atoms with E-state index in [1.165, 1.54) is 6.42 Å². The number of nitrogens with one attached hydrogen (secondary N) is 2. The van der Waals surface area contributed by atoms with Crippen LogP contribution in [0.25, 0.3) is 0 Å². The van der Waals surface area contributed by atoms with E-state index in [1.807, 2.05) is 6.08 Å². The SMILES string of the molecule is C=CCNC(=NC)NCC(CC(C)C)N(CC)CC. The smallest absolute Gasteiger partial charge is 0.191 e. The van der Waals surface area contributed by atoms with E-state index in [2.05, 4.69) is 54.8 Å². The highest BCUT2D eigenvalue weighted by molar-refractivity contribution is 5.79. The van der Waals surface area contributed by atoms with Gasteiger partial charge in [-0.1, -0.05) is 33.8 Å². The highest BCUT2D eigenvalue weighted by Gasteiger charge is 2.17. The quantitative estimate of drug-likeness (QED) is 0.382. The summed E-state index contributed by atoms with van der Waals surface area (Å²) in [6.07, 6.45) is 3.04. The molecule has 4 heteroatoms. The van der Waals surface area contributed by atoms with Gasteiger partial charge in [0.15, 0.2) is 5.96 Å². The molecule has 0 aromatic rings. The molecule has 0 amide bonds. The number of guanidine groups is 1. The summed E-state index contributed by atoms with van der Waals surface area (Å²) < 4.78 is 0. The summed E-state index contributed by atoms with van der Waals surface area (Å²) in [7, 11) is 1.80. The molecule has 0 fully saturated rings. The fourth-order valence-corrected chi connectivity index (χ4v) is 2.25. The van der Waals surface area contributed by atoms with Crippen LogP contribution in [0.1, 0.15) is 34.1 Å². The number of hydrogen-bond donors (Lipinski definition) is 2. The van der Waals surface area contributed by atoms with Gasteiger partial charge in [-0.05, 0) is 25.4 Å². The third-order valence-electron chi connectivity index (χ3n) is 3.21. The third kappa shape index (κ3) is 7.88. The predicted molar refractivity (Wildman–Crippen MR) is 85.7 cm³/mol. The normalized spacial score (nSPS) is 13.7. The Kier molecular flexibility index (Phi) is 10.3. The molecule has 4 nitrogen and oxygen atoms in total. The highest BCUT2D eigenvalue weighted by atomic mass is 15.2. The molecule has 0 spiro atoms. The molecule has 0 aliphatic carbocycles. The second kappa shape index (κ2) is 10.9. The third-order valence-corrected chi connectivity index (χ3v) is 3.21. The van der Waals surface area contributed by atoms with E-state index in [0.29, 0.717) is 12.0 Å². The highest BCUT2D eigenvalue weighted by Crippen LogP contribution is 2.10. The molecule has 0 saturated carbocycles. The molecule has 0 bridgehead atoms. The Balaban J connectivity index is 4.41. The Bertz CT molecular complexity index is 257. The zero-order chi connectivity index (χ0) is 14.7. The molecule has 0 aliphatic heterocycles. The fraction of sp³-hybridized carbons (Fsp3) is 0.800. The lowest BCUT2D eigenvalue weighted by atomic mass is 10.0. The maximum absolute atomic E-state index is 4.22. The molecule has 0 rings (SSSR count). The number of rotatable bonds is 9. The van der Waals surface area contributed by atoms with Gasteiger partial charge in [-0.25, -0.2) is 0 Å². The van der Waals surface area contributed by atoms with Gasteiger partial charge in [0.2, 0.25) is 0 Å². The van der Waals surface area contributed by atoms with E-state index in [1.54, 1.807) is 7.05 Å². The molecule has 19 heavy (non-hydrogen) atoms. The van der Waals surface area contributed by atoms with Crippen LogP contribution >= 0.6 is 0 Å². The van der Waals surface area contributed by atoms with Crippen LogP contribution in [0.3, 0.4) is 0 Å².